The first kappa shape index (κ1) is 24.8. The molecule has 0 amide bonds. The third-order valence-electron chi connectivity index (χ3n) is 6.75. The number of carboxylic acid groups (broad SMARTS) is 1. The Morgan fingerprint density at radius 2 is 1.89 bits per heavy atom. The molecule has 5 rings (SSSR count). The van der Waals surface area contributed by atoms with Crippen LogP contribution in [0.2, 0.25) is 5.02 Å². The Balaban J connectivity index is 1.74. The third kappa shape index (κ3) is 5.16. The van der Waals surface area contributed by atoms with Crippen LogP contribution in [0.4, 0.5) is 4.39 Å². The normalized spacial score (nSPS) is 14.6. The maximum Gasteiger partial charge on any atom is 0.328 e. The molecule has 1 aliphatic carbocycles. The lowest BCUT2D eigenvalue weighted by atomic mass is 9.73. The number of hydrogen-bond acceptors (Lipinski definition) is 3. The van der Waals surface area contributed by atoms with Crippen LogP contribution in [0, 0.1) is 11.9 Å². The highest BCUT2D eigenvalue weighted by Gasteiger charge is 2.29. The highest BCUT2D eigenvalue weighted by atomic mass is 35.5. The first-order valence-electron chi connectivity index (χ1n) is 12.3. The number of nitrogens with one attached hydrogen (secondary N) is 1. The van der Waals surface area contributed by atoms with Gasteiger partial charge >= 0.3 is 5.97 Å². The van der Waals surface area contributed by atoms with Gasteiger partial charge in [0, 0.05) is 6.08 Å². The smallest absolute Gasteiger partial charge is 0.328 e. The molecule has 0 unspecified atom stereocenters. The van der Waals surface area contributed by atoms with Crippen LogP contribution in [0.15, 0.2) is 66.7 Å². The Kier molecular flexibility index (Phi) is 7.10. The van der Waals surface area contributed by atoms with Crippen molar-refractivity contribution in [1.29, 1.82) is 0 Å². The molecule has 0 spiro atoms. The molecule has 1 aliphatic rings. The van der Waals surface area contributed by atoms with Gasteiger partial charge in [0.1, 0.15) is 5.75 Å². The zero-order valence-electron chi connectivity index (χ0n) is 20.3. The largest absolute Gasteiger partial charge is 0.494 e. The maximum atomic E-state index is 14.5. The highest BCUT2D eigenvalue weighted by Crippen LogP contribution is 2.47. The molecule has 0 saturated heterocycles. The second kappa shape index (κ2) is 10.6. The van der Waals surface area contributed by atoms with Crippen molar-refractivity contribution >= 4 is 45.7 Å². The molecule has 0 bridgehead atoms. The molecule has 1 fully saturated rings. The summed E-state index contributed by atoms with van der Waals surface area (Å²) in [5.74, 6) is -0.545. The average molecular weight is 517 g/mol. The van der Waals surface area contributed by atoms with Crippen LogP contribution >= 0.6 is 11.6 Å². The molecule has 1 aromatic heterocycles. The van der Waals surface area contributed by atoms with Crippen LogP contribution in [-0.2, 0) is 4.79 Å². The van der Waals surface area contributed by atoms with Gasteiger partial charge in [0.25, 0.3) is 0 Å². The summed E-state index contributed by atoms with van der Waals surface area (Å²) in [7, 11) is 0. The fraction of sp³-hybridized carbons (Fsp3) is 0.200. The van der Waals surface area contributed by atoms with Gasteiger partial charge in [-0.1, -0.05) is 48.4 Å². The van der Waals surface area contributed by atoms with E-state index in [9.17, 15) is 9.18 Å². The molecule has 0 radical (unpaired) electrons. The minimum absolute atomic E-state index is 0.293. The van der Waals surface area contributed by atoms with Crippen molar-refractivity contribution in [3.8, 4) is 5.75 Å². The summed E-state index contributed by atoms with van der Waals surface area (Å²) in [5, 5.41) is 16.4. The minimum atomic E-state index is -1.00. The predicted molar refractivity (Wildman–Crippen MR) is 145 cm³/mol. The number of ether oxygens (including phenoxy) is 1. The number of halogens is 2. The Morgan fingerprint density at radius 1 is 1.14 bits per heavy atom. The van der Waals surface area contributed by atoms with Gasteiger partial charge in [0.15, 0.2) is 0 Å². The highest BCUT2D eigenvalue weighted by molar-refractivity contribution is 6.33. The van der Waals surface area contributed by atoms with Gasteiger partial charge in [-0.15, -0.1) is 5.10 Å². The van der Waals surface area contributed by atoms with Gasteiger partial charge in [-0.3, -0.25) is 5.10 Å². The van der Waals surface area contributed by atoms with E-state index in [1.807, 2.05) is 67.6 Å². The predicted octanol–water partition coefficient (Wildman–Crippen LogP) is 7.61. The number of aliphatic carboxylic acids is 1. The first-order chi connectivity index (χ1) is 17.9. The van der Waals surface area contributed by atoms with Crippen molar-refractivity contribution in [2.45, 2.75) is 26.2 Å². The van der Waals surface area contributed by atoms with Crippen LogP contribution in [0.1, 0.15) is 48.4 Å². The van der Waals surface area contributed by atoms with Crippen LogP contribution in [-0.4, -0.2) is 27.9 Å². The van der Waals surface area contributed by atoms with E-state index in [0.717, 1.165) is 58.7 Å². The fourth-order valence-corrected chi connectivity index (χ4v) is 5.04. The Labute approximate surface area is 219 Å². The van der Waals surface area contributed by atoms with Crippen LogP contribution < -0.4 is 4.74 Å². The number of allylic oxidation sites excluding steroid dienone is 1. The van der Waals surface area contributed by atoms with E-state index in [4.69, 9.17) is 21.4 Å². The standard InChI is InChI=1S/C30H26ClFN2O3/c1-2-37-22-12-13-23(25(31)17-22)29(19-4-3-5-19)28(20-9-6-18(7-10-20)8-15-27(35)36)21-11-14-26-24(16-21)30(32)34-33-26/h6-17,19H,2-5H2,1H3,(H,33,34)(H,35,36). The van der Waals surface area contributed by atoms with E-state index in [1.165, 1.54) is 0 Å². The van der Waals surface area contributed by atoms with E-state index in [0.29, 0.717) is 34.2 Å². The van der Waals surface area contributed by atoms with Crippen molar-refractivity contribution in [1.82, 2.24) is 10.2 Å². The molecule has 0 atom stereocenters. The van der Waals surface area contributed by atoms with E-state index >= 15 is 0 Å². The van der Waals surface area contributed by atoms with Crippen LogP contribution in [0.3, 0.4) is 0 Å². The molecule has 1 saturated carbocycles. The number of H-pyrrole nitrogens is 1. The fourth-order valence-electron chi connectivity index (χ4n) is 4.77. The molecule has 3 aromatic carbocycles. The molecular formula is C30H26ClFN2O3. The van der Waals surface area contributed by atoms with Crippen molar-refractivity contribution in [2.24, 2.45) is 5.92 Å². The SMILES string of the molecule is CCOc1ccc(C(=C(c2ccc(C=CC(=O)O)cc2)c2ccc3[nH]nc(F)c3c2)C2CCC2)c(Cl)c1. The summed E-state index contributed by atoms with van der Waals surface area (Å²) in [6, 6.07) is 19.1. The molecule has 5 nitrogen and oxygen atoms in total. The van der Waals surface area contributed by atoms with Crippen LogP contribution in [0.25, 0.3) is 28.1 Å². The van der Waals surface area contributed by atoms with Gasteiger partial charge < -0.3 is 9.84 Å². The van der Waals surface area contributed by atoms with Crippen molar-refractivity contribution in [2.75, 3.05) is 6.61 Å². The van der Waals surface area contributed by atoms with Crippen LogP contribution in [0.5, 0.6) is 5.75 Å². The summed E-state index contributed by atoms with van der Waals surface area (Å²) >= 11 is 6.85. The number of carbonyl (C=O) groups is 1. The molecule has 7 heteroatoms. The number of aromatic amines is 1. The number of aromatic nitrogens is 2. The summed E-state index contributed by atoms with van der Waals surface area (Å²) in [6.45, 7) is 2.48. The molecule has 0 aliphatic heterocycles. The molecule has 1 heterocycles. The number of fused-ring (bicyclic) bond motifs is 1. The molecular weight excluding hydrogens is 491 g/mol. The zero-order valence-corrected chi connectivity index (χ0v) is 21.1. The second-order valence-electron chi connectivity index (χ2n) is 9.06. The average Bonchev–Trinajstić information content (AvgIpc) is 3.22. The number of nitrogens with zero attached hydrogens (tertiary/aromatic N) is 1. The third-order valence-corrected chi connectivity index (χ3v) is 7.06. The Morgan fingerprint density at radius 3 is 2.54 bits per heavy atom. The summed E-state index contributed by atoms with van der Waals surface area (Å²) < 4.78 is 20.1. The topological polar surface area (TPSA) is 75.2 Å². The van der Waals surface area contributed by atoms with E-state index in [1.54, 1.807) is 6.08 Å². The molecule has 4 aromatic rings. The first-order valence-corrected chi connectivity index (χ1v) is 12.6. The second-order valence-corrected chi connectivity index (χ2v) is 9.47. The van der Waals surface area contributed by atoms with Crippen molar-refractivity contribution in [3.05, 3.63) is 100.0 Å². The van der Waals surface area contributed by atoms with E-state index in [-0.39, 0.29) is 0 Å². The van der Waals surface area contributed by atoms with Gasteiger partial charge in [-0.25, -0.2) is 4.79 Å². The number of hydrogen-bond donors (Lipinski definition) is 2. The van der Waals surface area contributed by atoms with Crippen molar-refractivity contribution < 1.29 is 19.0 Å². The molecule has 2 N–H and O–H groups in total. The lowest BCUT2D eigenvalue weighted by Crippen LogP contribution is -2.15. The van der Waals surface area contributed by atoms with Gasteiger partial charge in [0.2, 0.25) is 5.95 Å². The lowest BCUT2D eigenvalue weighted by molar-refractivity contribution is -0.131. The molecule has 188 valence electrons. The summed E-state index contributed by atoms with van der Waals surface area (Å²) in [5.41, 5.74) is 6.18. The van der Waals surface area contributed by atoms with Gasteiger partial charge in [0.05, 0.1) is 22.5 Å². The quantitative estimate of drug-likeness (QED) is 0.187. The van der Waals surface area contributed by atoms with E-state index in [2.05, 4.69) is 10.2 Å². The van der Waals surface area contributed by atoms with E-state index < -0.39 is 11.9 Å². The lowest BCUT2D eigenvalue weighted by Gasteiger charge is -2.32. The minimum Gasteiger partial charge on any atom is -0.494 e. The van der Waals surface area contributed by atoms with Gasteiger partial charge in [-0.05, 0) is 95.5 Å². The number of benzene rings is 3. The summed E-state index contributed by atoms with van der Waals surface area (Å²) in [6.07, 6.45) is 5.86. The van der Waals surface area contributed by atoms with Gasteiger partial charge in [-0.2, -0.15) is 4.39 Å². The number of rotatable bonds is 8. The monoisotopic (exact) mass is 516 g/mol. The zero-order chi connectivity index (χ0) is 25.9. The number of carboxylic acids is 1. The van der Waals surface area contributed by atoms with Crippen molar-refractivity contribution in [3.63, 3.8) is 0 Å². The Bertz CT molecular complexity index is 1520. The molecule has 37 heavy (non-hydrogen) atoms. The Hall–Kier alpha value is -3.90. The summed E-state index contributed by atoms with van der Waals surface area (Å²) in [4.78, 5) is 10.9. The maximum absolute atomic E-state index is 14.5.